The minimum atomic E-state index is -0.347. The zero-order valence-corrected chi connectivity index (χ0v) is 11.5. The van der Waals surface area contributed by atoms with Crippen molar-refractivity contribution in [3.8, 4) is 0 Å². The molecule has 0 aromatic rings. The highest BCUT2D eigenvalue weighted by Gasteiger charge is 2.23. The van der Waals surface area contributed by atoms with Gasteiger partial charge in [-0.2, -0.15) is 0 Å². The predicted molar refractivity (Wildman–Crippen MR) is 71.6 cm³/mol. The molecule has 0 heterocycles. The topological polar surface area (TPSA) is 55.1 Å². The van der Waals surface area contributed by atoms with Gasteiger partial charge in [0.05, 0.1) is 6.04 Å². The first kappa shape index (κ1) is 14.5. The normalized spacial score (nSPS) is 29.2. The minimum absolute atomic E-state index is 0.0407. The predicted octanol–water partition coefficient (Wildman–Crippen LogP) is 2.44. The van der Waals surface area contributed by atoms with Crippen LogP contribution >= 0.6 is 0 Å². The van der Waals surface area contributed by atoms with Gasteiger partial charge in [0.1, 0.15) is 0 Å². The zero-order chi connectivity index (χ0) is 12.8. The molecule has 1 amide bonds. The van der Waals surface area contributed by atoms with Gasteiger partial charge in [-0.25, -0.2) is 0 Å². The fourth-order valence-electron chi connectivity index (χ4n) is 2.44. The van der Waals surface area contributed by atoms with E-state index < -0.39 is 0 Å². The number of carbonyl (C=O) groups excluding carboxylic acids is 1. The molecule has 0 radical (unpaired) electrons. The van der Waals surface area contributed by atoms with E-state index in [1.54, 1.807) is 0 Å². The van der Waals surface area contributed by atoms with Gasteiger partial charge in [0, 0.05) is 6.04 Å². The number of carbonyl (C=O) groups is 1. The van der Waals surface area contributed by atoms with E-state index in [1.807, 2.05) is 6.92 Å². The first-order valence-electron chi connectivity index (χ1n) is 7.10. The van der Waals surface area contributed by atoms with Crippen molar-refractivity contribution in [2.45, 2.75) is 71.4 Å². The zero-order valence-electron chi connectivity index (χ0n) is 11.5. The largest absolute Gasteiger partial charge is 0.352 e. The van der Waals surface area contributed by atoms with E-state index in [0.717, 1.165) is 25.2 Å². The maximum atomic E-state index is 12.0. The molecule has 3 nitrogen and oxygen atoms in total. The summed E-state index contributed by atoms with van der Waals surface area (Å²) in [7, 11) is 0. The lowest BCUT2D eigenvalue weighted by Crippen LogP contribution is -2.48. The quantitative estimate of drug-likeness (QED) is 0.742. The molecule has 1 aliphatic carbocycles. The Morgan fingerprint density at radius 2 is 2.06 bits per heavy atom. The molecular formula is C14H28N2O. The first-order valence-corrected chi connectivity index (χ1v) is 7.10. The summed E-state index contributed by atoms with van der Waals surface area (Å²) in [6.45, 7) is 6.42. The molecule has 1 fully saturated rings. The van der Waals surface area contributed by atoms with Gasteiger partial charge in [0.15, 0.2) is 0 Å². The average molecular weight is 240 g/mol. The van der Waals surface area contributed by atoms with Crippen LogP contribution in [-0.4, -0.2) is 18.0 Å². The van der Waals surface area contributed by atoms with E-state index in [2.05, 4.69) is 19.2 Å². The van der Waals surface area contributed by atoms with Crippen molar-refractivity contribution in [1.82, 2.24) is 5.32 Å². The van der Waals surface area contributed by atoms with Crippen molar-refractivity contribution < 1.29 is 4.79 Å². The highest BCUT2D eigenvalue weighted by Crippen LogP contribution is 2.22. The molecule has 0 aromatic carbocycles. The highest BCUT2D eigenvalue weighted by molar-refractivity contribution is 5.82. The van der Waals surface area contributed by atoms with Crippen LogP contribution in [0.3, 0.4) is 0 Å². The van der Waals surface area contributed by atoms with Gasteiger partial charge < -0.3 is 11.1 Å². The molecule has 17 heavy (non-hydrogen) atoms. The smallest absolute Gasteiger partial charge is 0.237 e. The summed E-state index contributed by atoms with van der Waals surface area (Å²) in [5.41, 5.74) is 5.94. The van der Waals surface area contributed by atoms with Crippen LogP contribution in [0.5, 0.6) is 0 Å². The Kier molecular flexibility index (Phi) is 5.96. The number of nitrogens with one attached hydrogen (secondary N) is 1. The van der Waals surface area contributed by atoms with Crippen LogP contribution in [0, 0.1) is 11.8 Å². The van der Waals surface area contributed by atoms with Crippen LogP contribution in [-0.2, 0) is 4.79 Å². The highest BCUT2D eigenvalue weighted by atomic mass is 16.2. The second-order valence-electron chi connectivity index (χ2n) is 5.73. The fourth-order valence-corrected chi connectivity index (χ4v) is 2.44. The number of hydrogen-bond donors (Lipinski definition) is 2. The lowest BCUT2D eigenvalue weighted by molar-refractivity contribution is -0.124. The first-order chi connectivity index (χ1) is 8.04. The molecule has 0 aromatic heterocycles. The standard InChI is InChI=1S/C14H28N2O/c1-4-11(3)13(15)14(17)16-12-7-5-6-10(2)8-9-12/h10-13H,4-9,15H2,1-3H3,(H,16,17)/t10?,11-,12?,13-/m0/s1. The second kappa shape index (κ2) is 7.00. The Labute approximate surface area is 106 Å². The van der Waals surface area contributed by atoms with E-state index >= 15 is 0 Å². The molecule has 1 aliphatic rings. The Hall–Kier alpha value is -0.570. The summed E-state index contributed by atoms with van der Waals surface area (Å²) >= 11 is 0. The molecule has 0 saturated heterocycles. The summed E-state index contributed by atoms with van der Waals surface area (Å²) in [6.07, 6.45) is 6.93. The van der Waals surface area contributed by atoms with Crippen LogP contribution in [0.1, 0.15) is 59.3 Å². The molecule has 1 rings (SSSR count). The van der Waals surface area contributed by atoms with Crippen molar-refractivity contribution in [2.24, 2.45) is 17.6 Å². The Bertz CT molecular complexity index is 242. The molecule has 0 bridgehead atoms. The van der Waals surface area contributed by atoms with E-state index in [0.29, 0.717) is 6.04 Å². The van der Waals surface area contributed by atoms with Gasteiger partial charge in [-0.05, 0) is 31.1 Å². The third-order valence-electron chi connectivity index (χ3n) is 4.16. The maximum Gasteiger partial charge on any atom is 0.237 e. The van der Waals surface area contributed by atoms with E-state index in [-0.39, 0.29) is 17.9 Å². The Balaban J connectivity index is 2.39. The number of rotatable bonds is 4. The van der Waals surface area contributed by atoms with Crippen LogP contribution < -0.4 is 11.1 Å². The van der Waals surface area contributed by atoms with Gasteiger partial charge in [-0.1, -0.05) is 40.0 Å². The lowest BCUT2D eigenvalue weighted by Gasteiger charge is -2.22. The summed E-state index contributed by atoms with van der Waals surface area (Å²) in [5.74, 6) is 1.11. The Morgan fingerprint density at radius 3 is 2.71 bits per heavy atom. The maximum absolute atomic E-state index is 12.0. The van der Waals surface area contributed by atoms with Gasteiger partial charge in [0.2, 0.25) is 5.91 Å². The summed E-state index contributed by atoms with van der Waals surface area (Å²) in [5, 5.41) is 3.13. The minimum Gasteiger partial charge on any atom is -0.352 e. The number of hydrogen-bond acceptors (Lipinski definition) is 2. The third kappa shape index (κ3) is 4.66. The third-order valence-corrected chi connectivity index (χ3v) is 4.16. The summed E-state index contributed by atoms with van der Waals surface area (Å²) in [6, 6.07) is 0.00299. The average Bonchev–Trinajstić information content (AvgIpc) is 2.52. The van der Waals surface area contributed by atoms with E-state index in [1.165, 1.54) is 19.3 Å². The van der Waals surface area contributed by atoms with Gasteiger partial charge >= 0.3 is 0 Å². The lowest BCUT2D eigenvalue weighted by atomic mass is 9.98. The SMILES string of the molecule is CC[C@H](C)[C@H](N)C(=O)NC1CCCC(C)CC1. The van der Waals surface area contributed by atoms with Crippen molar-refractivity contribution >= 4 is 5.91 Å². The second-order valence-corrected chi connectivity index (χ2v) is 5.73. The van der Waals surface area contributed by atoms with Crippen molar-refractivity contribution in [3.05, 3.63) is 0 Å². The molecule has 100 valence electrons. The number of nitrogens with two attached hydrogens (primary N) is 1. The molecule has 0 aliphatic heterocycles. The summed E-state index contributed by atoms with van der Waals surface area (Å²) in [4.78, 5) is 12.0. The van der Waals surface area contributed by atoms with E-state index in [4.69, 9.17) is 5.73 Å². The molecular weight excluding hydrogens is 212 g/mol. The molecule has 1 saturated carbocycles. The fraction of sp³-hybridized carbons (Fsp3) is 0.929. The van der Waals surface area contributed by atoms with Crippen molar-refractivity contribution in [2.75, 3.05) is 0 Å². The van der Waals surface area contributed by atoms with Gasteiger partial charge in [-0.3, -0.25) is 4.79 Å². The summed E-state index contributed by atoms with van der Waals surface area (Å²) < 4.78 is 0. The molecule has 4 atom stereocenters. The van der Waals surface area contributed by atoms with Crippen molar-refractivity contribution in [1.29, 1.82) is 0 Å². The van der Waals surface area contributed by atoms with Crippen LogP contribution in [0.4, 0.5) is 0 Å². The van der Waals surface area contributed by atoms with Gasteiger partial charge in [0.25, 0.3) is 0 Å². The van der Waals surface area contributed by atoms with Crippen molar-refractivity contribution in [3.63, 3.8) is 0 Å². The van der Waals surface area contributed by atoms with Gasteiger partial charge in [-0.15, -0.1) is 0 Å². The monoisotopic (exact) mass is 240 g/mol. The molecule has 3 N–H and O–H groups in total. The van der Waals surface area contributed by atoms with E-state index in [9.17, 15) is 4.79 Å². The Morgan fingerprint density at radius 1 is 1.35 bits per heavy atom. The van der Waals surface area contributed by atoms with Crippen LogP contribution in [0.2, 0.25) is 0 Å². The van der Waals surface area contributed by atoms with Crippen LogP contribution in [0.15, 0.2) is 0 Å². The molecule has 2 unspecified atom stereocenters. The molecule has 0 spiro atoms. The van der Waals surface area contributed by atoms with Crippen LogP contribution in [0.25, 0.3) is 0 Å². The molecule has 3 heteroatoms. The number of amides is 1.